The molecule has 0 unspecified atom stereocenters. The highest BCUT2D eigenvalue weighted by Gasteiger charge is 2.07. The molecule has 0 N–H and O–H groups in total. The van der Waals surface area contributed by atoms with E-state index in [9.17, 15) is 0 Å². The van der Waals surface area contributed by atoms with Crippen LogP contribution in [-0.2, 0) is 4.74 Å². The van der Waals surface area contributed by atoms with Crippen LogP contribution in [0.1, 0.15) is 20.3 Å². The third-order valence-corrected chi connectivity index (χ3v) is 6.09. The molecule has 1 saturated heterocycles. The van der Waals surface area contributed by atoms with Crippen molar-refractivity contribution in [2.45, 2.75) is 20.3 Å². The molecular formula is C29H27BrO3. The Labute approximate surface area is 202 Å². The van der Waals surface area contributed by atoms with Crippen LogP contribution >= 0.6 is 15.9 Å². The second-order valence-electron chi connectivity index (χ2n) is 7.63. The van der Waals surface area contributed by atoms with E-state index in [4.69, 9.17) is 13.6 Å². The maximum Gasteiger partial charge on any atom is 0.149 e. The molecule has 4 heteroatoms. The second kappa shape index (κ2) is 10.7. The predicted molar refractivity (Wildman–Crippen MR) is 142 cm³/mol. The zero-order valence-corrected chi connectivity index (χ0v) is 19.2. The fourth-order valence-corrected chi connectivity index (χ4v) is 4.34. The number of rotatable bonds is 0. The van der Waals surface area contributed by atoms with Gasteiger partial charge in [0, 0.05) is 34.8 Å². The molecule has 7 rings (SSSR count). The monoisotopic (exact) mass is 502 g/mol. The van der Waals surface area contributed by atoms with Crippen molar-refractivity contribution in [1.82, 2.24) is 0 Å². The molecule has 0 aliphatic carbocycles. The maximum absolute atomic E-state index is 5.74. The Morgan fingerprint density at radius 2 is 0.970 bits per heavy atom. The second-order valence-corrected chi connectivity index (χ2v) is 8.48. The van der Waals surface area contributed by atoms with Crippen molar-refractivity contribution in [3.63, 3.8) is 0 Å². The van der Waals surface area contributed by atoms with Gasteiger partial charge in [0.25, 0.3) is 0 Å². The SMILES string of the molecule is Brc1cccc2c1oc1ccccc12.C.C1CCOC1.c1ccc2c(c1)oc1ccccc12. The lowest BCUT2D eigenvalue weighted by Crippen LogP contribution is -1.74. The van der Waals surface area contributed by atoms with E-state index in [2.05, 4.69) is 40.2 Å². The lowest BCUT2D eigenvalue weighted by atomic mass is 10.2. The van der Waals surface area contributed by atoms with Crippen molar-refractivity contribution in [2.24, 2.45) is 0 Å². The van der Waals surface area contributed by atoms with Gasteiger partial charge in [-0.25, -0.2) is 0 Å². The van der Waals surface area contributed by atoms with E-state index in [1.54, 1.807) is 0 Å². The largest absolute Gasteiger partial charge is 0.456 e. The van der Waals surface area contributed by atoms with Crippen LogP contribution < -0.4 is 0 Å². The van der Waals surface area contributed by atoms with E-state index in [-0.39, 0.29) is 7.43 Å². The van der Waals surface area contributed by atoms with Gasteiger partial charge in [-0.3, -0.25) is 0 Å². The van der Waals surface area contributed by atoms with E-state index in [1.807, 2.05) is 66.7 Å². The van der Waals surface area contributed by atoms with E-state index in [0.29, 0.717) is 0 Å². The van der Waals surface area contributed by atoms with Gasteiger partial charge in [0.1, 0.15) is 22.3 Å². The minimum atomic E-state index is 0. The number of fused-ring (bicyclic) bond motifs is 6. The third-order valence-electron chi connectivity index (χ3n) is 5.47. The molecule has 4 aromatic carbocycles. The predicted octanol–water partition coefficient (Wildman–Crippen LogP) is 9.37. The quantitative estimate of drug-likeness (QED) is 0.207. The molecule has 0 spiro atoms. The van der Waals surface area contributed by atoms with Gasteiger partial charge in [-0.15, -0.1) is 0 Å². The number of furan rings is 2. The average Bonchev–Trinajstić information content (AvgIpc) is 3.59. The Balaban J connectivity index is 0.000000127. The lowest BCUT2D eigenvalue weighted by Gasteiger charge is -1.89. The van der Waals surface area contributed by atoms with Crippen LogP contribution in [0.5, 0.6) is 0 Å². The number of ether oxygens (including phenoxy) is 1. The van der Waals surface area contributed by atoms with Crippen LogP contribution in [0, 0.1) is 0 Å². The average molecular weight is 503 g/mol. The number of hydrogen-bond acceptors (Lipinski definition) is 3. The van der Waals surface area contributed by atoms with Crippen LogP contribution in [0.4, 0.5) is 0 Å². The summed E-state index contributed by atoms with van der Waals surface area (Å²) in [5.74, 6) is 0. The van der Waals surface area contributed by atoms with E-state index in [1.165, 1.54) is 29.0 Å². The third kappa shape index (κ3) is 4.97. The summed E-state index contributed by atoms with van der Waals surface area (Å²) < 4.78 is 17.3. The number of benzene rings is 4. The van der Waals surface area contributed by atoms with E-state index in [0.717, 1.165) is 45.4 Å². The standard InChI is InChI=1S/C12H7BrO.C12H8O.C4H8O.CH4/c13-10-6-3-5-9-8-4-1-2-7-11(8)14-12(9)10;1-3-7-11-9(5-1)10-6-2-4-8-12(10)13-11;1-2-4-5-3-1;/h1-7H;1-8H;1-4H2;1H4. The van der Waals surface area contributed by atoms with Gasteiger partial charge in [-0.1, -0.05) is 74.2 Å². The first kappa shape index (κ1) is 23.1. The van der Waals surface area contributed by atoms with Gasteiger partial charge in [-0.2, -0.15) is 0 Å². The molecule has 0 radical (unpaired) electrons. The Morgan fingerprint density at radius 1 is 0.515 bits per heavy atom. The molecule has 1 aliphatic rings. The summed E-state index contributed by atoms with van der Waals surface area (Å²) in [5, 5.41) is 4.72. The first-order valence-corrected chi connectivity index (χ1v) is 11.6. The number of hydrogen-bond donors (Lipinski definition) is 0. The fraction of sp³-hybridized carbons (Fsp3) is 0.172. The minimum Gasteiger partial charge on any atom is -0.456 e. The topological polar surface area (TPSA) is 35.5 Å². The summed E-state index contributed by atoms with van der Waals surface area (Å²) in [4.78, 5) is 0. The summed E-state index contributed by atoms with van der Waals surface area (Å²) >= 11 is 3.48. The van der Waals surface area contributed by atoms with E-state index < -0.39 is 0 Å². The molecule has 168 valence electrons. The molecule has 6 aromatic rings. The van der Waals surface area contributed by atoms with Crippen molar-refractivity contribution in [3.8, 4) is 0 Å². The van der Waals surface area contributed by atoms with Crippen molar-refractivity contribution >= 4 is 59.8 Å². The number of para-hydroxylation sites is 4. The van der Waals surface area contributed by atoms with Gasteiger partial charge >= 0.3 is 0 Å². The molecule has 1 aliphatic heterocycles. The Bertz CT molecular complexity index is 1420. The van der Waals surface area contributed by atoms with Crippen LogP contribution in [0.15, 0.2) is 104 Å². The number of halogens is 1. The van der Waals surface area contributed by atoms with Crippen molar-refractivity contribution in [3.05, 3.63) is 95.5 Å². The molecule has 0 atom stereocenters. The Kier molecular flexibility index (Phi) is 7.48. The van der Waals surface area contributed by atoms with Crippen molar-refractivity contribution in [1.29, 1.82) is 0 Å². The molecule has 0 bridgehead atoms. The zero-order valence-electron chi connectivity index (χ0n) is 17.6. The van der Waals surface area contributed by atoms with Crippen LogP contribution in [0.2, 0.25) is 0 Å². The van der Waals surface area contributed by atoms with E-state index >= 15 is 0 Å². The normalized spacial score (nSPS) is 12.8. The fourth-order valence-electron chi connectivity index (χ4n) is 3.90. The van der Waals surface area contributed by atoms with Crippen LogP contribution in [-0.4, -0.2) is 13.2 Å². The summed E-state index contributed by atoms with van der Waals surface area (Å²) in [6, 6.07) is 30.4. The van der Waals surface area contributed by atoms with Gasteiger partial charge in [-0.05, 0) is 53.0 Å². The zero-order chi connectivity index (χ0) is 21.8. The van der Waals surface area contributed by atoms with Crippen LogP contribution in [0.3, 0.4) is 0 Å². The molecule has 0 amide bonds. The highest BCUT2D eigenvalue weighted by Crippen LogP contribution is 2.32. The molecule has 0 saturated carbocycles. The molecule has 3 nitrogen and oxygen atoms in total. The summed E-state index contributed by atoms with van der Waals surface area (Å²) in [7, 11) is 0. The summed E-state index contributed by atoms with van der Waals surface area (Å²) in [6.45, 7) is 2.00. The minimum absolute atomic E-state index is 0. The molecule has 33 heavy (non-hydrogen) atoms. The summed E-state index contributed by atoms with van der Waals surface area (Å²) in [5.41, 5.74) is 3.79. The maximum atomic E-state index is 5.74. The smallest absolute Gasteiger partial charge is 0.149 e. The summed E-state index contributed by atoms with van der Waals surface area (Å²) in [6.07, 6.45) is 2.56. The van der Waals surface area contributed by atoms with Crippen molar-refractivity contribution < 1.29 is 13.6 Å². The Morgan fingerprint density at radius 3 is 1.48 bits per heavy atom. The highest BCUT2D eigenvalue weighted by atomic mass is 79.9. The Hall–Kier alpha value is -3.08. The molecular weight excluding hydrogens is 476 g/mol. The highest BCUT2D eigenvalue weighted by molar-refractivity contribution is 9.10. The lowest BCUT2D eigenvalue weighted by molar-refractivity contribution is 0.198. The van der Waals surface area contributed by atoms with Crippen LogP contribution in [0.25, 0.3) is 43.9 Å². The first-order valence-electron chi connectivity index (χ1n) is 10.8. The molecule has 2 aromatic heterocycles. The van der Waals surface area contributed by atoms with Gasteiger partial charge in [0.2, 0.25) is 0 Å². The molecule has 3 heterocycles. The van der Waals surface area contributed by atoms with Gasteiger partial charge in [0.05, 0.1) is 4.47 Å². The van der Waals surface area contributed by atoms with Gasteiger partial charge < -0.3 is 13.6 Å². The van der Waals surface area contributed by atoms with Crippen molar-refractivity contribution in [2.75, 3.05) is 13.2 Å². The van der Waals surface area contributed by atoms with Gasteiger partial charge in [0.15, 0.2) is 0 Å². The molecule has 1 fully saturated rings. The first-order chi connectivity index (χ1) is 15.8.